The van der Waals surface area contributed by atoms with E-state index in [4.69, 9.17) is 5.73 Å². The van der Waals surface area contributed by atoms with Crippen LogP contribution in [0.25, 0.3) is 0 Å². The topological polar surface area (TPSA) is 75.4 Å². The third kappa shape index (κ3) is 5.36. The molecular weight excluding hydrogens is 290 g/mol. The van der Waals surface area contributed by atoms with E-state index in [9.17, 15) is 9.59 Å². The van der Waals surface area contributed by atoms with E-state index < -0.39 is 0 Å². The Balaban J connectivity index is 1.74. The number of carbonyl (C=O) groups is 2. The highest BCUT2D eigenvalue weighted by atomic mass is 16.2. The quantitative estimate of drug-likeness (QED) is 0.829. The number of carbonyl (C=O) groups excluding carboxylic acids is 2. The SMILES string of the molecule is Cc1ccccc1C[C@@H](C)NC(=O)CN1CCC(C(N)=O)CC1. The van der Waals surface area contributed by atoms with Crippen LogP contribution in [0.4, 0.5) is 0 Å². The number of hydrogen-bond acceptors (Lipinski definition) is 3. The van der Waals surface area contributed by atoms with Crippen molar-refractivity contribution in [3.8, 4) is 0 Å². The number of primary amides is 1. The van der Waals surface area contributed by atoms with Crippen molar-refractivity contribution in [2.75, 3.05) is 19.6 Å². The van der Waals surface area contributed by atoms with Gasteiger partial charge in [-0.2, -0.15) is 0 Å². The van der Waals surface area contributed by atoms with Gasteiger partial charge in [0.15, 0.2) is 0 Å². The van der Waals surface area contributed by atoms with Gasteiger partial charge in [0.25, 0.3) is 0 Å². The molecule has 0 spiro atoms. The Bertz CT molecular complexity index is 551. The Hall–Kier alpha value is -1.88. The predicted molar refractivity (Wildman–Crippen MR) is 90.8 cm³/mol. The molecule has 1 saturated heterocycles. The average Bonchev–Trinajstić information content (AvgIpc) is 2.50. The van der Waals surface area contributed by atoms with Crippen molar-refractivity contribution in [2.24, 2.45) is 11.7 Å². The van der Waals surface area contributed by atoms with Gasteiger partial charge in [0.05, 0.1) is 6.54 Å². The van der Waals surface area contributed by atoms with E-state index in [-0.39, 0.29) is 23.8 Å². The van der Waals surface area contributed by atoms with Gasteiger partial charge in [-0.1, -0.05) is 24.3 Å². The monoisotopic (exact) mass is 317 g/mol. The molecule has 0 radical (unpaired) electrons. The summed E-state index contributed by atoms with van der Waals surface area (Å²) < 4.78 is 0. The summed E-state index contributed by atoms with van der Waals surface area (Å²) in [4.78, 5) is 25.4. The summed E-state index contributed by atoms with van der Waals surface area (Å²) in [6.07, 6.45) is 2.34. The maximum atomic E-state index is 12.2. The fourth-order valence-electron chi connectivity index (χ4n) is 3.12. The van der Waals surface area contributed by atoms with Gasteiger partial charge in [0, 0.05) is 12.0 Å². The maximum absolute atomic E-state index is 12.2. The minimum absolute atomic E-state index is 0.0331. The van der Waals surface area contributed by atoms with Crippen molar-refractivity contribution in [2.45, 2.75) is 39.2 Å². The first-order valence-corrected chi connectivity index (χ1v) is 8.31. The molecule has 5 nitrogen and oxygen atoms in total. The molecule has 1 atom stereocenters. The largest absolute Gasteiger partial charge is 0.369 e. The lowest BCUT2D eigenvalue weighted by Gasteiger charge is -2.30. The molecule has 1 aliphatic rings. The number of likely N-dealkylation sites (tertiary alicyclic amines) is 1. The highest BCUT2D eigenvalue weighted by Gasteiger charge is 2.24. The molecule has 23 heavy (non-hydrogen) atoms. The van der Waals surface area contributed by atoms with Crippen LogP contribution >= 0.6 is 0 Å². The molecular formula is C18H27N3O2. The van der Waals surface area contributed by atoms with Gasteiger partial charge in [0.2, 0.25) is 11.8 Å². The Morgan fingerprint density at radius 2 is 1.96 bits per heavy atom. The minimum Gasteiger partial charge on any atom is -0.369 e. The van der Waals surface area contributed by atoms with Crippen molar-refractivity contribution in [1.29, 1.82) is 0 Å². The fourth-order valence-corrected chi connectivity index (χ4v) is 3.12. The van der Waals surface area contributed by atoms with E-state index >= 15 is 0 Å². The van der Waals surface area contributed by atoms with Crippen LogP contribution in [-0.4, -0.2) is 42.4 Å². The second-order valence-corrected chi connectivity index (χ2v) is 6.55. The second-order valence-electron chi connectivity index (χ2n) is 6.55. The highest BCUT2D eigenvalue weighted by molar-refractivity contribution is 5.78. The summed E-state index contributed by atoms with van der Waals surface area (Å²) in [5, 5.41) is 3.06. The van der Waals surface area contributed by atoms with E-state index in [2.05, 4.69) is 29.3 Å². The van der Waals surface area contributed by atoms with Crippen molar-refractivity contribution >= 4 is 11.8 Å². The first-order valence-electron chi connectivity index (χ1n) is 8.31. The molecule has 126 valence electrons. The predicted octanol–water partition coefficient (Wildman–Crippen LogP) is 1.24. The van der Waals surface area contributed by atoms with Crippen LogP contribution in [0, 0.1) is 12.8 Å². The fraction of sp³-hybridized carbons (Fsp3) is 0.556. The van der Waals surface area contributed by atoms with Crippen molar-refractivity contribution in [3.63, 3.8) is 0 Å². The van der Waals surface area contributed by atoms with Gasteiger partial charge in [-0.3, -0.25) is 14.5 Å². The Labute approximate surface area is 138 Å². The number of nitrogens with two attached hydrogens (primary N) is 1. The molecule has 5 heteroatoms. The van der Waals surface area contributed by atoms with E-state index in [1.54, 1.807) is 0 Å². The van der Waals surface area contributed by atoms with Crippen molar-refractivity contribution in [1.82, 2.24) is 10.2 Å². The highest BCUT2D eigenvalue weighted by Crippen LogP contribution is 2.16. The molecule has 1 heterocycles. The molecule has 0 aromatic heterocycles. The zero-order chi connectivity index (χ0) is 16.8. The summed E-state index contributed by atoms with van der Waals surface area (Å²) in [6.45, 7) is 6.03. The lowest BCUT2D eigenvalue weighted by molar-refractivity contribution is -0.124. The number of aryl methyl sites for hydroxylation is 1. The lowest BCUT2D eigenvalue weighted by atomic mass is 9.96. The van der Waals surface area contributed by atoms with Crippen LogP contribution in [0.1, 0.15) is 30.9 Å². The van der Waals surface area contributed by atoms with Crippen molar-refractivity contribution < 1.29 is 9.59 Å². The van der Waals surface area contributed by atoms with Crippen LogP contribution < -0.4 is 11.1 Å². The molecule has 2 amide bonds. The van der Waals surface area contributed by atoms with E-state index in [0.717, 1.165) is 32.4 Å². The number of nitrogens with one attached hydrogen (secondary N) is 1. The first kappa shape index (κ1) is 17.5. The third-order valence-electron chi connectivity index (χ3n) is 4.55. The zero-order valence-corrected chi connectivity index (χ0v) is 14.0. The van der Waals surface area contributed by atoms with E-state index in [0.29, 0.717) is 6.54 Å². The van der Waals surface area contributed by atoms with E-state index in [1.165, 1.54) is 11.1 Å². The Morgan fingerprint density at radius 3 is 2.57 bits per heavy atom. The standard InChI is InChI=1S/C18H27N3O2/c1-13-5-3-4-6-16(13)11-14(2)20-17(22)12-21-9-7-15(8-10-21)18(19)23/h3-6,14-15H,7-12H2,1-2H3,(H2,19,23)(H,20,22)/t14-/m1/s1. The summed E-state index contributed by atoms with van der Waals surface area (Å²) >= 11 is 0. The molecule has 0 saturated carbocycles. The number of hydrogen-bond donors (Lipinski definition) is 2. The van der Waals surface area contributed by atoms with Crippen LogP contribution in [0.3, 0.4) is 0 Å². The molecule has 3 N–H and O–H groups in total. The summed E-state index contributed by atoms with van der Waals surface area (Å²) in [5.74, 6) is -0.209. The van der Waals surface area contributed by atoms with Crippen molar-refractivity contribution in [3.05, 3.63) is 35.4 Å². The lowest BCUT2D eigenvalue weighted by Crippen LogP contribution is -2.45. The number of amides is 2. The maximum Gasteiger partial charge on any atom is 0.234 e. The van der Waals surface area contributed by atoms with Gasteiger partial charge >= 0.3 is 0 Å². The summed E-state index contributed by atoms with van der Waals surface area (Å²) in [6, 6.07) is 8.35. The molecule has 0 bridgehead atoms. The van der Waals surface area contributed by atoms with Gasteiger partial charge in [-0.15, -0.1) is 0 Å². The van der Waals surface area contributed by atoms with Gasteiger partial charge in [-0.25, -0.2) is 0 Å². The number of nitrogens with zero attached hydrogens (tertiary/aromatic N) is 1. The van der Waals surface area contributed by atoms with Crippen LogP contribution in [0.5, 0.6) is 0 Å². The molecule has 1 aromatic rings. The average molecular weight is 317 g/mol. The first-order chi connectivity index (χ1) is 11.0. The minimum atomic E-state index is -0.221. The molecule has 0 aliphatic carbocycles. The van der Waals surface area contributed by atoms with Crippen LogP contribution in [0.15, 0.2) is 24.3 Å². The van der Waals surface area contributed by atoms with Gasteiger partial charge in [-0.05, 0) is 57.3 Å². The molecule has 1 fully saturated rings. The van der Waals surface area contributed by atoms with E-state index in [1.807, 2.05) is 19.1 Å². The molecule has 1 aliphatic heterocycles. The molecule has 0 unspecified atom stereocenters. The zero-order valence-electron chi connectivity index (χ0n) is 14.0. The van der Waals surface area contributed by atoms with Crippen LogP contribution in [-0.2, 0) is 16.0 Å². The number of rotatable bonds is 6. The third-order valence-corrected chi connectivity index (χ3v) is 4.55. The van der Waals surface area contributed by atoms with Gasteiger partial charge in [0.1, 0.15) is 0 Å². The Kier molecular flexibility index (Phi) is 6.16. The summed E-state index contributed by atoms with van der Waals surface area (Å²) in [7, 11) is 0. The number of benzene rings is 1. The second kappa shape index (κ2) is 8.11. The summed E-state index contributed by atoms with van der Waals surface area (Å²) in [5.41, 5.74) is 7.85. The van der Waals surface area contributed by atoms with Gasteiger partial charge < -0.3 is 11.1 Å². The molecule has 2 rings (SSSR count). The Morgan fingerprint density at radius 1 is 1.30 bits per heavy atom. The van der Waals surface area contributed by atoms with Crippen LogP contribution in [0.2, 0.25) is 0 Å². The number of piperidine rings is 1. The smallest absolute Gasteiger partial charge is 0.234 e. The normalized spacial score (nSPS) is 17.7. The molecule has 1 aromatic carbocycles.